The highest BCUT2D eigenvalue weighted by molar-refractivity contribution is 5.90. The van der Waals surface area contributed by atoms with Gasteiger partial charge in [-0.1, -0.05) is 11.2 Å². The van der Waals surface area contributed by atoms with E-state index in [0.717, 1.165) is 11.6 Å². The van der Waals surface area contributed by atoms with Gasteiger partial charge < -0.3 is 9.84 Å². The molecule has 140 valence electrons. The summed E-state index contributed by atoms with van der Waals surface area (Å²) in [6, 6.07) is 7.10. The van der Waals surface area contributed by atoms with E-state index in [2.05, 4.69) is 20.4 Å². The fourth-order valence-corrected chi connectivity index (χ4v) is 2.42. The lowest BCUT2D eigenvalue weighted by atomic mass is 10.1. The molecule has 0 aliphatic carbocycles. The number of hydrogen-bond donors (Lipinski definition) is 1. The second-order valence-electron chi connectivity index (χ2n) is 5.82. The molecule has 0 aliphatic rings. The molecule has 2 heterocycles. The number of anilines is 1. The van der Waals surface area contributed by atoms with E-state index < -0.39 is 17.6 Å². The monoisotopic (exact) mass is 376 g/mol. The zero-order chi connectivity index (χ0) is 19.4. The first-order chi connectivity index (χ1) is 12.8. The molecule has 1 aromatic carbocycles. The Morgan fingerprint density at radius 1 is 1.19 bits per heavy atom. The Morgan fingerprint density at radius 3 is 2.63 bits per heavy atom. The molecule has 3 rings (SSSR count). The van der Waals surface area contributed by atoms with Gasteiger partial charge in [-0.15, -0.1) is 0 Å². The maximum Gasteiger partial charge on any atom is 0.416 e. The van der Waals surface area contributed by atoms with Crippen LogP contribution in [0.2, 0.25) is 0 Å². The summed E-state index contributed by atoms with van der Waals surface area (Å²) in [5.41, 5.74) is 0.124. The van der Waals surface area contributed by atoms with E-state index in [4.69, 9.17) is 4.52 Å². The molecule has 0 saturated heterocycles. The van der Waals surface area contributed by atoms with Crippen molar-refractivity contribution >= 4 is 11.6 Å². The normalized spacial score (nSPS) is 11.4. The first kappa shape index (κ1) is 18.6. The van der Waals surface area contributed by atoms with Gasteiger partial charge >= 0.3 is 6.18 Å². The summed E-state index contributed by atoms with van der Waals surface area (Å²) in [6.45, 7) is 1.37. The molecule has 0 fully saturated rings. The van der Waals surface area contributed by atoms with Gasteiger partial charge in [0.25, 0.3) is 0 Å². The number of pyridine rings is 1. The molecule has 6 nitrogen and oxygen atoms in total. The van der Waals surface area contributed by atoms with Gasteiger partial charge in [0.1, 0.15) is 0 Å². The Bertz CT molecular complexity index is 939. The van der Waals surface area contributed by atoms with Crippen LogP contribution in [0.3, 0.4) is 0 Å². The van der Waals surface area contributed by atoms with Gasteiger partial charge in [0.05, 0.1) is 5.56 Å². The van der Waals surface area contributed by atoms with Crippen LogP contribution in [-0.2, 0) is 17.4 Å². The van der Waals surface area contributed by atoms with Crippen molar-refractivity contribution in [1.29, 1.82) is 0 Å². The molecule has 3 aromatic rings. The van der Waals surface area contributed by atoms with Crippen molar-refractivity contribution < 1.29 is 22.5 Å². The van der Waals surface area contributed by atoms with E-state index in [0.29, 0.717) is 5.82 Å². The molecule has 1 N–H and O–H groups in total. The minimum atomic E-state index is -4.47. The van der Waals surface area contributed by atoms with Gasteiger partial charge in [-0.25, -0.2) is 0 Å². The number of hydrogen-bond acceptors (Lipinski definition) is 5. The third-order valence-electron chi connectivity index (χ3n) is 3.80. The minimum Gasteiger partial charge on any atom is -0.339 e. The van der Waals surface area contributed by atoms with Crippen LogP contribution in [0.5, 0.6) is 0 Å². The van der Waals surface area contributed by atoms with Gasteiger partial charge in [0, 0.05) is 36.5 Å². The maximum absolute atomic E-state index is 12.9. The molecular formula is C18H15F3N4O2. The summed E-state index contributed by atoms with van der Waals surface area (Å²) in [6.07, 6.45) is -1.13. The third-order valence-corrected chi connectivity index (χ3v) is 3.80. The summed E-state index contributed by atoms with van der Waals surface area (Å²) < 4.78 is 43.9. The number of carbonyl (C=O) groups is 1. The van der Waals surface area contributed by atoms with E-state index in [1.807, 2.05) is 0 Å². The van der Waals surface area contributed by atoms with Crippen LogP contribution in [0.4, 0.5) is 18.9 Å². The van der Waals surface area contributed by atoms with Gasteiger partial charge in [-0.05, 0) is 36.8 Å². The lowest BCUT2D eigenvalue weighted by Gasteiger charge is -2.12. The highest BCUT2D eigenvalue weighted by Gasteiger charge is 2.32. The Kier molecular flexibility index (Phi) is 5.20. The van der Waals surface area contributed by atoms with Crippen molar-refractivity contribution in [3.05, 3.63) is 59.7 Å². The number of nitrogens with zero attached hydrogens (tertiary/aromatic N) is 3. The maximum atomic E-state index is 12.9. The van der Waals surface area contributed by atoms with E-state index in [9.17, 15) is 18.0 Å². The number of carbonyl (C=O) groups excluding carboxylic acids is 1. The number of amides is 1. The molecule has 0 bridgehead atoms. The first-order valence-corrected chi connectivity index (χ1v) is 8.03. The molecule has 0 unspecified atom stereocenters. The smallest absolute Gasteiger partial charge is 0.339 e. The van der Waals surface area contributed by atoms with Crippen molar-refractivity contribution in [2.75, 3.05) is 5.32 Å². The van der Waals surface area contributed by atoms with Crippen LogP contribution in [0, 0.1) is 6.92 Å². The van der Waals surface area contributed by atoms with Crippen molar-refractivity contribution in [3.8, 4) is 11.4 Å². The van der Waals surface area contributed by atoms with E-state index >= 15 is 0 Å². The third kappa shape index (κ3) is 4.69. The number of benzene rings is 1. The van der Waals surface area contributed by atoms with Crippen LogP contribution in [-0.4, -0.2) is 21.0 Å². The number of nitrogens with one attached hydrogen (secondary N) is 1. The van der Waals surface area contributed by atoms with E-state index in [1.54, 1.807) is 24.5 Å². The second kappa shape index (κ2) is 7.56. The van der Waals surface area contributed by atoms with Crippen LogP contribution in [0.15, 0.2) is 47.2 Å². The topological polar surface area (TPSA) is 80.9 Å². The van der Waals surface area contributed by atoms with Crippen molar-refractivity contribution in [2.45, 2.75) is 25.9 Å². The van der Waals surface area contributed by atoms with Gasteiger partial charge in [0.2, 0.25) is 17.6 Å². The SMILES string of the molecule is Cc1ccc(NC(=O)CCc2nc(-c3ccncc3)no2)cc1C(F)(F)F. The summed E-state index contributed by atoms with van der Waals surface area (Å²) in [4.78, 5) is 20.1. The predicted molar refractivity (Wildman–Crippen MR) is 90.7 cm³/mol. The van der Waals surface area contributed by atoms with E-state index in [1.165, 1.54) is 19.1 Å². The quantitative estimate of drug-likeness (QED) is 0.727. The average molecular weight is 376 g/mol. The van der Waals surface area contributed by atoms with Gasteiger partial charge in [-0.2, -0.15) is 18.2 Å². The molecule has 0 saturated carbocycles. The number of alkyl halides is 3. The van der Waals surface area contributed by atoms with Gasteiger partial charge in [-0.3, -0.25) is 9.78 Å². The molecule has 0 spiro atoms. The van der Waals surface area contributed by atoms with Crippen LogP contribution >= 0.6 is 0 Å². The first-order valence-electron chi connectivity index (χ1n) is 8.03. The zero-order valence-corrected chi connectivity index (χ0v) is 14.2. The molecule has 0 radical (unpaired) electrons. The molecule has 0 atom stereocenters. The lowest BCUT2D eigenvalue weighted by Crippen LogP contribution is -2.14. The van der Waals surface area contributed by atoms with Crippen molar-refractivity contribution in [2.24, 2.45) is 0 Å². The highest BCUT2D eigenvalue weighted by Crippen LogP contribution is 2.33. The minimum absolute atomic E-state index is 0.00674. The Hall–Kier alpha value is -3.23. The number of halogens is 3. The predicted octanol–water partition coefficient (Wildman–Crippen LogP) is 4.03. The molecular weight excluding hydrogens is 361 g/mol. The number of rotatable bonds is 5. The van der Waals surface area contributed by atoms with Crippen molar-refractivity contribution in [1.82, 2.24) is 15.1 Å². The Morgan fingerprint density at radius 2 is 1.93 bits per heavy atom. The fraction of sp³-hybridized carbons (Fsp3) is 0.222. The Labute approximate surface area is 152 Å². The van der Waals surface area contributed by atoms with Crippen LogP contribution < -0.4 is 5.32 Å². The summed E-state index contributed by atoms with van der Waals surface area (Å²) in [5, 5.41) is 6.28. The van der Waals surface area contributed by atoms with Gasteiger partial charge in [0.15, 0.2) is 0 Å². The number of aryl methyl sites for hydroxylation is 2. The molecule has 9 heteroatoms. The lowest BCUT2D eigenvalue weighted by molar-refractivity contribution is -0.138. The average Bonchev–Trinajstić information content (AvgIpc) is 3.10. The van der Waals surface area contributed by atoms with Crippen LogP contribution in [0.1, 0.15) is 23.4 Å². The molecule has 27 heavy (non-hydrogen) atoms. The zero-order valence-electron chi connectivity index (χ0n) is 14.2. The summed E-state index contributed by atoms with van der Waals surface area (Å²) >= 11 is 0. The molecule has 2 aromatic heterocycles. The fourth-order valence-electron chi connectivity index (χ4n) is 2.42. The second-order valence-corrected chi connectivity index (χ2v) is 5.82. The summed E-state index contributed by atoms with van der Waals surface area (Å²) in [5.74, 6) is 0.189. The van der Waals surface area contributed by atoms with Crippen LogP contribution in [0.25, 0.3) is 11.4 Å². The highest BCUT2D eigenvalue weighted by atomic mass is 19.4. The number of aromatic nitrogens is 3. The molecule has 0 aliphatic heterocycles. The summed E-state index contributed by atoms with van der Waals surface area (Å²) in [7, 11) is 0. The molecule has 1 amide bonds. The largest absolute Gasteiger partial charge is 0.416 e. The standard InChI is InChI=1S/C18H15F3N4O2/c1-11-2-3-13(10-14(11)18(19,20)21)23-15(26)4-5-16-24-17(25-27-16)12-6-8-22-9-7-12/h2-3,6-10H,4-5H2,1H3,(H,23,26). The van der Waals surface area contributed by atoms with Crippen molar-refractivity contribution in [3.63, 3.8) is 0 Å². The van der Waals surface area contributed by atoms with E-state index in [-0.39, 0.29) is 30.0 Å². The Balaban J connectivity index is 1.60.